The van der Waals surface area contributed by atoms with Gasteiger partial charge in [0.15, 0.2) is 11.5 Å². The minimum atomic E-state index is 0.268. The van der Waals surface area contributed by atoms with Crippen molar-refractivity contribution in [3.8, 4) is 22.6 Å². The highest BCUT2D eigenvalue weighted by molar-refractivity contribution is 7.19. The largest absolute Gasteiger partial charge is 0.493 e. The molecule has 0 saturated carbocycles. The van der Waals surface area contributed by atoms with Crippen LogP contribution in [0.3, 0.4) is 0 Å². The Bertz CT molecular complexity index is 1420. The van der Waals surface area contributed by atoms with Gasteiger partial charge in [0.1, 0.15) is 4.83 Å². The van der Waals surface area contributed by atoms with Crippen LogP contribution in [0.25, 0.3) is 21.3 Å². The van der Waals surface area contributed by atoms with Crippen LogP contribution in [0.4, 0.5) is 0 Å². The molecule has 4 aromatic rings. The van der Waals surface area contributed by atoms with Gasteiger partial charge in [0.25, 0.3) is 0 Å². The summed E-state index contributed by atoms with van der Waals surface area (Å²) in [5.74, 6) is 1.42. The zero-order chi connectivity index (χ0) is 25.4. The summed E-state index contributed by atoms with van der Waals surface area (Å²) in [5, 5.41) is 5.72. The van der Waals surface area contributed by atoms with Crippen LogP contribution in [0.5, 0.6) is 11.5 Å². The molecule has 5 nitrogen and oxygen atoms in total. The number of methoxy groups -OCH3 is 2. The van der Waals surface area contributed by atoms with E-state index in [9.17, 15) is 0 Å². The van der Waals surface area contributed by atoms with Crippen molar-refractivity contribution < 1.29 is 9.47 Å². The molecule has 4 heterocycles. The van der Waals surface area contributed by atoms with Crippen LogP contribution in [-0.2, 0) is 19.4 Å². The Balaban J connectivity index is 1.52. The zero-order valence-electron chi connectivity index (χ0n) is 21.4. The average molecular weight is 534 g/mol. The second-order valence-electron chi connectivity index (χ2n) is 9.87. The van der Waals surface area contributed by atoms with Gasteiger partial charge in [-0.05, 0) is 74.1 Å². The molecule has 2 aliphatic heterocycles. The summed E-state index contributed by atoms with van der Waals surface area (Å²) in [6, 6.07) is 17.1. The van der Waals surface area contributed by atoms with Gasteiger partial charge in [0, 0.05) is 28.4 Å². The maximum absolute atomic E-state index is 7.26. The Kier molecular flexibility index (Phi) is 7.08. The Labute approximate surface area is 227 Å². The summed E-state index contributed by atoms with van der Waals surface area (Å²) in [4.78, 5) is 10.1. The second-order valence-corrected chi connectivity index (χ2v) is 11.3. The monoisotopic (exact) mass is 533 g/mol. The molecule has 0 radical (unpaired) electrons. The molecule has 2 aromatic heterocycles. The van der Waals surface area contributed by atoms with E-state index in [0.717, 1.165) is 65.7 Å². The fourth-order valence-electron chi connectivity index (χ4n) is 5.76. The molecule has 0 bridgehead atoms. The van der Waals surface area contributed by atoms with Crippen LogP contribution in [0, 0.1) is 0 Å². The first kappa shape index (κ1) is 24.7. The molecule has 7 heteroatoms. The molecule has 1 unspecified atom stereocenters. The summed E-state index contributed by atoms with van der Waals surface area (Å²) in [6.07, 6.45) is 4.40. The van der Waals surface area contributed by atoms with Crippen molar-refractivity contribution in [1.29, 1.82) is 0 Å². The zero-order valence-corrected chi connectivity index (χ0v) is 22.9. The summed E-state index contributed by atoms with van der Waals surface area (Å²) in [6.45, 7) is 3.93. The molecule has 0 amide bonds. The van der Waals surface area contributed by atoms with E-state index in [0.29, 0.717) is 11.5 Å². The molecule has 1 saturated heterocycles. The van der Waals surface area contributed by atoms with Gasteiger partial charge in [-0.25, -0.2) is 4.98 Å². The molecule has 37 heavy (non-hydrogen) atoms. The fraction of sp³-hybridized carbons (Fsp3) is 0.367. The topological polar surface area (TPSA) is 46.6 Å². The van der Waals surface area contributed by atoms with Crippen molar-refractivity contribution in [2.45, 2.75) is 38.3 Å². The fourth-order valence-corrected chi connectivity index (χ4v) is 7.39. The van der Waals surface area contributed by atoms with E-state index in [4.69, 9.17) is 26.1 Å². The molecule has 2 aliphatic rings. The minimum Gasteiger partial charge on any atom is -0.493 e. The number of ether oxygens (including phenoxy) is 2. The van der Waals surface area contributed by atoms with Crippen molar-refractivity contribution in [2.75, 3.05) is 33.9 Å². The third kappa shape index (κ3) is 4.72. The van der Waals surface area contributed by atoms with E-state index in [1.807, 2.05) is 23.5 Å². The van der Waals surface area contributed by atoms with Crippen LogP contribution in [0.2, 0.25) is 5.02 Å². The Morgan fingerprint density at radius 1 is 1.05 bits per heavy atom. The van der Waals surface area contributed by atoms with Crippen LogP contribution in [0.15, 0.2) is 48.5 Å². The summed E-state index contributed by atoms with van der Waals surface area (Å²) < 4.78 is 11.2. The van der Waals surface area contributed by atoms with E-state index in [-0.39, 0.29) is 6.04 Å². The number of nitrogens with one attached hydrogen (secondary N) is 1. The molecule has 1 fully saturated rings. The average Bonchev–Trinajstić information content (AvgIpc) is 3.58. The predicted octanol–water partition coefficient (Wildman–Crippen LogP) is 6.66. The highest BCUT2D eigenvalue weighted by atomic mass is 35.5. The van der Waals surface area contributed by atoms with Crippen molar-refractivity contribution in [2.24, 2.45) is 0 Å². The van der Waals surface area contributed by atoms with Gasteiger partial charge >= 0.3 is 0 Å². The second kappa shape index (κ2) is 10.6. The Hall–Kier alpha value is -2.64. The lowest BCUT2D eigenvalue weighted by molar-refractivity contribution is 0.328. The van der Waals surface area contributed by atoms with Gasteiger partial charge in [-0.2, -0.15) is 0 Å². The number of hydrogen-bond donors (Lipinski definition) is 1. The number of halogens is 1. The Morgan fingerprint density at radius 3 is 2.59 bits per heavy atom. The number of nitrogens with zero attached hydrogens (tertiary/aromatic N) is 2. The lowest BCUT2D eigenvalue weighted by Gasteiger charge is -2.25. The molecule has 0 spiro atoms. The van der Waals surface area contributed by atoms with Crippen molar-refractivity contribution in [3.63, 3.8) is 0 Å². The van der Waals surface area contributed by atoms with Crippen LogP contribution < -0.4 is 14.8 Å². The standard InChI is InChI=1S/C30H32ClN3O2S/c1-35-24-11-10-20(17-25(24)36-2)26-27-21-12-13-32-22(16-19-8-4-3-5-9-19)29(21)37-30(27)33-23(28(26)31)18-34-14-6-7-15-34/h3-5,8-11,17,22,32H,6-7,12-16,18H2,1-2H3. The van der Waals surface area contributed by atoms with Gasteiger partial charge in [0.2, 0.25) is 0 Å². The third-order valence-corrected chi connectivity index (χ3v) is 9.23. The number of pyridine rings is 1. The van der Waals surface area contributed by atoms with E-state index in [1.54, 1.807) is 14.2 Å². The quantitative estimate of drug-likeness (QED) is 0.288. The smallest absolute Gasteiger partial charge is 0.161 e. The van der Waals surface area contributed by atoms with Gasteiger partial charge in [-0.3, -0.25) is 4.90 Å². The minimum absolute atomic E-state index is 0.268. The molecule has 0 aliphatic carbocycles. The van der Waals surface area contributed by atoms with Crippen LogP contribution in [-0.4, -0.2) is 43.7 Å². The van der Waals surface area contributed by atoms with E-state index >= 15 is 0 Å². The number of rotatable bonds is 7. The van der Waals surface area contributed by atoms with Gasteiger partial charge in [-0.1, -0.05) is 48.0 Å². The maximum Gasteiger partial charge on any atom is 0.161 e. The highest BCUT2D eigenvalue weighted by Crippen LogP contribution is 2.47. The number of fused-ring (bicyclic) bond motifs is 3. The lowest BCUT2D eigenvalue weighted by Crippen LogP contribution is -2.30. The molecule has 6 rings (SSSR count). The number of likely N-dealkylation sites (tertiary alicyclic amines) is 1. The third-order valence-electron chi connectivity index (χ3n) is 7.59. The highest BCUT2D eigenvalue weighted by Gasteiger charge is 2.29. The maximum atomic E-state index is 7.26. The first-order valence-corrected chi connectivity index (χ1v) is 14.2. The van der Waals surface area contributed by atoms with E-state index in [2.05, 4.69) is 46.6 Å². The molecular formula is C30H32ClN3O2S. The van der Waals surface area contributed by atoms with Crippen LogP contribution >= 0.6 is 22.9 Å². The first-order valence-electron chi connectivity index (χ1n) is 13.0. The van der Waals surface area contributed by atoms with Gasteiger partial charge in [0.05, 0.1) is 24.9 Å². The summed E-state index contributed by atoms with van der Waals surface area (Å²) in [7, 11) is 3.34. The number of thiophene rings is 1. The van der Waals surface area contributed by atoms with Gasteiger partial charge < -0.3 is 14.8 Å². The lowest BCUT2D eigenvalue weighted by atomic mass is 9.92. The molecule has 1 N–H and O–H groups in total. The molecular weight excluding hydrogens is 502 g/mol. The molecule has 2 aromatic carbocycles. The summed E-state index contributed by atoms with van der Waals surface area (Å²) >= 11 is 9.09. The SMILES string of the molecule is COc1ccc(-c2c(Cl)c(CN3CCCC3)nc3sc4c(c23)CCNC4Cc2ccccc2)cc1OC. The molecule has 192 valence electrons. The normalized spacial score (nSPS) is 17.8. The van der Waals surface area contributed by atoms with E-state index in [1.165, 1.54) is 34.2 Å². The Morgan fingerprint density at radius 2 is 1.84 bits per heavy atom. The van der Waals surface area contributed by atoms with Crippen molar-refractivity contribution in [3.05, 3.63) is 75.3 Å². The first-order chi connectivity index (χ1) is 18.2. The van der Waals surface area contributed by atoms with Crippen LogP contribution in [0.1, 0.15) is 40.6 Å². The number of benzene rings is 2. The number of aromatic nitrogens is 1. The summed E-state index contributed by atoms with van der Waals surface area (Å²) in [5.41, 5.74) is 5.79. The van der Waals surface area contributed by atoms with E-state index < -0.39 is 0 Å². The number of hydrogen-bond acceptors (Lipinski definition) is 6. The van der Waals surface area contributed by atoms with Gasteiger partial charge in [-0.15, -0.1) is 11.3 Å². The van der Waals surface area contributed by atoms with Crippen molar-refractivity contribution in [1.82, 2.24) is 15.2 Å². The molecule has 1 atom stereocenters. The van der Waals surface area contributed by atoms with Crippen molar-refractivity contribution >= 4 is 33.2 Å². The predicted molar refractivity (Wildman–Crippen MR) is 152 cm³/mol.